The molecule has 4 rings (SSSR count). The van der Waals surface area contributed by atoms with E-state index in [-0.39, 0.29) is 11.6 Å². The molecular weight excluding hydrogens is 640 g/mol. The van der Waals surface area contributed by atoms with Gasteiger partial charge >= 0.3 is 0 Å². The lowest BCUT2D eigenvalue weighted by Gasteiger charge is -2.21. The molecule has 0 atom stereocenters. The van der Waals surface area contributed by atoms with E-state index in [2.05, 4.69) is 15.0 Å². The van der Waals surface area contributed by atoms with Crippen LogP contribution >= 0.6 is 0 Å². The number of amides is 2. The monoisotopic (exact) mass is 690 g/mol. The Morgan fingerprint density at radius 3 is 0.900 bits per heavy atom. The highest BCUT2D eigenvalue weighted by atomic mass is 16.2. The third-order valence-corrected chi connectivity index (χ3v) is 7.64. The summed E-state index contributed by atoms with van der Waals surface area (Å²) in [6.45, 7) is 0. The summed E-state index contributed by atoms with van der Waals surface area (Å²) in [7, 11) is 29.1. The van der Waals surface area contributed by atoms with Crippen LogP contribution in [0.5, 0.6) is 0 Å². The molecule has 0 radical (unpaired) electrons. The number of aromatic amines is 2. The molecule has 50 heavy (non-hydrogen) atoms. The maximum Gasteiger partial charge on any atom is 0.291 e. The molecule has 270 valence electrons. The topological polar surface area (TPSA) is 169 Å². The summed E-state index contributed by atoms with van der Waals surface area (Å²) in [5.41, 5.74) is 5.67. The van der Waals surface area contributed by atoms with Crippen molar-refractivity contribution in [1.29, 1.82) is 0 Å². The number of nitrogens with zero attached hydrogens (tertiary/aromatic N) is 14. The van der Waals surface area contributed by atoms with Crippen molar-refractivity contribution in [3.05, 3.63) is 23.3 Å². The van der Waals surface area contributed by atoms with Gasteiger partial charge in [0.05, 0.1) is 0 Å². The third-order valence-electron chi connectivity index (χ3n) is 7.64. The molecule has 0 saturated carbocycles. The number of H-pyrrole nitrogens is 2. The summed E-state index contributed by atoms with van der Waals surface area (Å²) in [4.78, 5) is 77.6. The summed E-state index contributed by atoms with van der Waals surface area (Å²) in [6.07, 6.45) is 0. The molecule has 6 bridgehead atoms. The standard InChI is InChI=1S/C32H50N16O2/c1-41(2)17-18(42(3)4)24-33-23(17)34-25-19(43(5)6)21(45(9)10)27(36-25)38-29(31(49)47(13)14)40-30(32(50)48(15)16)39-28-22(46(11)12)20(44(7)8)26(35-24)37-28/h1-16H3,(H2,33,34,35,36,37,38,39,40). The normalized spacial score (nSPS) is 11.7. The number of anilines is 4. The van der Waals surface area contributed by atoms with Gasteiger partial charge in [0, 0.05) is 113 Å². The number of rotatable bonds is 8. The van der Waals surface area contributed by atoms with E-state index in [1.54, 1.807) is 28.2 Å². The molecule has 0 spiro atoms. The van der Waals surface area contributed by atoms with Gasteiger partial charge in [0.15, 0.2) is 34.2 Å². The van der Waals surface area contributed by atoms with E-state index < -0.39 is 11.8 Å². The van der Waals surface area contributed by atoms with Crippen molar-refractivity contribution < 1.29 is 9.59 Å². The first-order valence-electron chi connectivity index (χ1n) is 15.8. The molecule has 3 aromatic rings. The zero-order valence-corrected chi connectivity index (χ0v) is 32.1. The lowest BCUT2D eigenvalue weighted by molar-refractivity contribution is 0.0808. The van der Waals surface area contributed by atoms with Gasteiger partial charge in [-0.3, -0.25) is 9.59 Å². The number of hydrogen-bond donors (Lipinski definition) is 2. The van der Waals surface area contributed by atoms with Gasteiger partial charge in [-0.2, -0.15) is 4.98 Å². The van der Waals surface area contributed by atoms with Crippen LogP contribution in [0, 0.1) is 0 Å². The lowest BCUT2D eigenvalue weighted by Crippen LogP contribution is -2.27. The predicted molar refractivity (Wildman–Crippen MR) is 200 cm³/mol. The quantitative estimate of drug-likeness (QED) is 0.346. The fourth-order valence-corrected chi connectivity index (χ4v) is 5.49. The van der Waals surface area contributed by atoms with Crippen molar-refractivity contribution in [1.82, 2.24) is 59.5 Å². The minimum atomic E-state index is -0.536. The molecule has 1 aliphatic rings. The van der Waals surface area contributed by atoms with Crippen molar-refractivity contribution in [2.45, 2.75) is 0 Å². The molecule has 0 unspecified atom stereocenters. The smallest absolute Gasteiger partial charge is 0.291 e. The Bertz CT molecular complexity index is 1850. The average Bonchev–Trinajstić information content (AvgIpc) is 3.66. The molecule has 0 aromatic carbocycles. The van der Waals surface area contributed by atoms with E-state index in [1.807, 2.05) is 114 Å². The Balaban J connectivity index is 2.49. The highest BCUT2D eigenvalue weighted by Crippen LogP contribution is 2.38. The molecule has 18 heteroatoms. The van der Waals surface area contributed by atoms with Crippen molar-refractivity contribution in [2.24, 2.45) is 0 Å². The average molecular weight is 691 g/mol. The van der Waals surface area contributed by atoms with Gasteiger partial charge < -0.3 is 49.2 Å². The van der Waals surface area contributed by atoms with Crippen molar-refractivity contribution >= 4 is 68.5 Å². The van der Waals surface area contributed by atoms with E-state index in [4.69, 9.17) is 24.9 Å². The molecule has 2 N–H and O–H groups in total. The van der Waals surface area contributed by atoms with Crippen LogP contribution in [0.3, 0.4) is 0 Å². The second-order valence-electron chi connectivity index (χ2n) is 13.5. The first-order chi connectivity index (χ1) is 23.3. The highest BCUT2D eigenvalue weighted by Gasteiger charge is 2.29. The summed E-state index contributed by atoms with van der Waals surface area (Å²) in [5, 5.41) is 0. The predicted octanol–water partition coefficient (Wildman–Crippen LogP) is 1.20. The van der Waals surface area contributed by atoms with Crippen LogP contribution in [0.2, 0.25) is 0 Å². The zero-order chi connectivity index (χ0) is 37.5. The highest BCUT2D eigenvalue weighted by molar-refractivity contribution is 5.99. The van der Waals surface area contributed by atoms with Crippen LogP contribution < -0.4 is 19.6 Å². The summed E-state index contributed by atoms with van der Waals surface area (Å²) < 4.78 is 0. The van der Waals surface area contributed by atoms with Crippen molar-refractivity contribution in [2.75, 3.05) is 132 Å². The molecular formula is C32H50N16O2. The summed E-state index contributed by atoms with van der Waals surface area (Å²) in [5.74, 6) is -0.743. The SMILES string of the molecule is CN(C)C(=O)c1nc(C(=O)N(C)C)nc2[nH]c(nc3nc(nc4[nH]c(n1)c(N(C)C)c4N(C)C)C(N(C)C)=C3N(C)C)c(N(C)C)c2N(C)C. The summed E-state index contributed by atoms with van der Waals surface area (Å²) >= 11 is 0. The van der Waals surface area contributed by atoms with Crippen molar-refractivity contribution in [3.63, 3.8) is 0 Å². The van der Waals surface area contributed by atoms with Gasteiger partial charge in [0.2, 0.25) is 11.6 Å². The number of carbonyl (C=O) groups is 2. The van der Waals surface area contributed by atoms with E-state index >= 15 is 0 Å². The lowest BCUT2D eigenvalue weighted by atomic mass is 10.3. The third kappa shape index (κ3) is 6.90. The van der Waals surface area contributed by atoms with Crippen LogP contribution in [0.25, 0.3) is 34.0 Å². The first kappa shape index (κ1) is 37.1. The minimum absolute atomic E-state index is 0.259. The van der Waals surface area contributed by atoms with Gasteiger partial charge in [0.1, 0.15) is 34.1 Å². The minimum Gasteiger partial charge on any atom is -0.373 e. The molecule has 4 heterocycles. The van der Waals surface area contributed by atoms with E-state index in [1.165, 1.54) is 9.80 Å². The second kappa shape index (κ2) is 14.0. The van der Waals surface area contributed by atoms with Crippen LogP contribution in [-0.2, 0) is 0 Å². The van der Waals surface area contributed by atoms with E-state index in [0.29, 0.717) is 57.0 Å². The largest absolute Gasteiger partial charge is 0.373 e. The number of aromatic nitrogens is 8. The van der Waals surface area contributed by atoms with Gasteiger partial charge in [0.25, 0.3) is 11.8 Å². The molecule has 0 aliphatic carbocycles. The molecule has 0 saturated heterocycles. The molecule has 3 aromatic heterocycles. The zero-order valence-electron chi connectivity index (χ0n) is 32.1. The number of nitrogens with one attached hydrogen (secondary N) is 2. The maximum atomic E-state index is 13.7. The summed E-state index contributed by atoms with van der Waals surface area (Å²) in [6, 6.07) is 0. The van der Waals surface area contributed by atoms with Crippen LogP contribution in [0.4, 0.5) is 22.7 Å². The Hall–Kier alpha value is -5.68. The second-order valence-corrected chi connectivity index (χ2v) is 13.5. The number of fused-ring (bicyclic) bond motifs is 6. The number of hydrogen-bond acceptors (Lipinski definition) is 14. The first-order valence-corrected chi connectivity index (χ1v) is 15.8. The molecule has 2 amide bonds. The van der Waals surface area contributed by atoms with Crippen molar-refractivity contribution in [3.8, 4) is 0 Å². The Kier molecular flexibility index (Phi) is 10.4. The fraction of sp³-hybridized carbons (Fsp3) is 0.500. The maximum absolute atomic E-state index is 13.7. The molecule has 1 aliphatic heterocycles. The van der Waals surface area contributed by atoms with Gasteiger partial charge in [-0.25, -0.2) is 24.9 Å². The Labute approximate surface area is 293 Å². The van der Waals surface area contributed by atoms with Crippen LogP contribution in [0.15, 0.2) is 0 Å². The van der Waals surface area contributed by atoms with E-state index in [0.717, 1.165) is 11.4 Å². The molecule has 18 nitrogen and oxygen atoms in total. The van der Waals surface area contributed by atoms with Crippen LogP contribution in [0.1, 0.15) is 32.9 Å². The Morgan fingerprint density at radius 2 is 0.660 bits per heavy atom. The van der Waals surface area contributed by atoms with Gasteiger partial charge in [-0.05, 0) is 0 Å². The Morgan fingerprint density at radius 1 is 0.380 bits per heavy atom. The van der Waals surface area contributed by atoms with Gasteiger partial charge in [-0.1, -0.05) is 0 Å². The van der Waals surface area contributed by atoms with Crippen LogP contribution in [-0.4, -0.2) is 184 Å². The fourth-order valence-electron chi connectivity index (χ4n) is 5.49. The molecule has 0 fully saturated rings. The van der Waals surface area contributed by atoms with Gasteiger partial charge in [-0.15, -0.1) is 0 Å². The number of carbonyl (C=O) groups excluding carboxylic acids is 2. The van der Waals surface area contributed by atoms with E-state index in [9.17, 15) is 9.59 Å².